The van der Waals surface area contributed by atoms with Crippen LogP contribution in [0.15, 0.2) is 30.3 Å². The highest BCUT2D eigenvalue weighted by Gasteiger charge is 2.06. The van der Waals surface area contributed by atoms with Crippen LogP contribution in [0, 0.1) is 0 Å². The van der Waals surface area contributed by atoms with E-state index < -0.39 is 0 Å². The smallest absolute Gasteiger partial charge is 0.0721 e. The minimum absolute atomic E-state index is 0.0868. The lowest BCUT2D eigenvalue weighted by Gasteiger charge is -2.16. The molecule has 0 amide bonds. The first-order chi connectivity index (χ1) is 6.20. The van der Waals surface area contributed by atoms with Gasteiger partial charge in [0.05, 0.1) is 12.7 Å². The normalized spacial score (nSPS) is 15.3. The molecule has 0 aliphatic rings. The Morgan fingerprint density at radius 3 is 2.38 bits per heavy atom. The van der Waals surface area contributed by atoms with Gasteiger partial charge in [0.15, 0.2) is 0 Å². The van der Waals surface area contributed by atoms with Crippen LogP contribution in [0.2, 0.25) is 0 Å². The van der Waals surface area contributed by atoms with E-state index in [2.05, 4.69) is 0 Å². The van der Waals surface area contributed by atoms with Crippen LogP contribution in [0.4, 0.5) is 0 Å². The maximum Gasteiger partial charge on any atom is 0.0721 e. The molecular formula is C11H17NO. The zero-order valence-electron chi connectivity index (χ0n) is 8.23. The Labute approximate surface area is 79.7 Å². The molecule has 1 unspecified atom stereocenters. The molecule has 0 aliphatic carbocycles. The van der Waals surface area contributed by atoms with Crippen LogP contribution in [-0.2, 0) is 11.3 Å². The summed E-state index contributed by atoms with van der Waals surface area (Å²) in [6, 6.07) is 10.2. The molecule has 2 N–H and O–H groups in total. The van der Waals surface area contributed by atoms with Crippen molar-refractivity contribution in [1.29, 1.82) is 0 Å². The van der Waals surface area contributed by atoms with Gasteiger partial charge in [-0.15, -0.1) is 0 Å². The summed E-state index contributed by atoms with van der Waals surface area (Å²) in [5.74, 6) is 0. The van der Waals surface area contributed by atoms with E-state index in [0.29, 0.717) is 6.61 Å². The molecule has 72 valence electrons. The van der Waals surface area contributed by atoms with Crippen LogP contribution in [0.1, 0.15) is 19.4 Å². The summed E-state index contributed by atoms with van der Waals surface area (Å²) in [4.78, 5) is 0. The van der Waals surface area contributed by atoms with Crippen molar-refractivity contribution in [1.82, 2.24) is 0 Å². The topological polar surface area (TPSA) is 35.2 Å². The van der Waals surface area contributed by atoms with E-state index in [4.69, 9.17) is 10.5 Å². The van der Waals surface area contributed by atoms with E-state index in [1.807, 2.05) is 44.2 Å². The van der Waals surface area contributed by atoms with Crippen molar-refractivity contribution in [3.05, 3.63) is 35.9 Å². The third-order valence-electron chi connectivity index (χ3n) is 2.10. The average Bonchev–Trinajstić information content (AvgIpc) is 2.15. The molecular weight excluding hydrogens is 162 g/mol. The van der Waals surface area contributed by atoms with E-state index in [1.165, 1.54) is 5.56 Å². The Bertz CT molecular complexity index is 233. The molecule has 1 aromatic carbocycles. The van der Waals surface area contributed by atoms with Gasteiger partial charge in [0, 0.05) is 6.04 Å². The van der Waals surface area contributed by atoms with Crippen molar-refractivity contribution >= 4 is 0 Å². The highest BCUT2D eigenvalue weighted by Crippen LogP contribution is 2.04. The van der Waals surface area contributed by atoms with Gasteiger partial charge < -0.3 is 10.5 Å². The fraction of sp³-hybridized carbons (Fsp3) is 0.455. The maximum absolute atomic E-state index is 5.68. The minimum Gasteiger partial charge on any atom is -0.372 e. The fourth-order valence-corrected chi connectivity index (χ4v) is 0.954. The first-order valence-corrected chi connectivity index (χ1v) is 4.61. The first kappa shape index (κ1) is 10.2. The lowest BCUT2D eigenvalue weighted by molar-refractivity contribution is 0.0398. The van der Waals surface area contributed by atoms with E-state index in [1.54, 1.807) is 0 Å². The molecule has 2 atom stereocenters. The Hall–Kier alpha value is -0.860. The Kier molecular flexibility index (Phi) is 3.93. The van der Waals surface area contributed by atoms with Gasteiger partial charge in [0.1, 0.15) is 0 Å². The summed E-state index contributed by atoms with van der Waals surface area (Å²) in [6.07, 6.45) is 0.111. The van der Waals surface area contributed by atoms with Gasteiger partial charge in [-0.1, -0.05) is 30.3 Å². The number of rotatable bonds is 4. The van der Waals surface area contributed by atoms with Gasteiger partial charge in [-0.25, -0.2) is 0 Å². The van der Waals surface area contributed by atoms with E-state index in [9.17, 15) is 0 Å². The standard InChI is InChI=1S/C11H17NO/c1-9(12)10(2)13-8-11-6-4-3-5-7-11/h3-7,9-10H,8,12H2,1-2H3/t9-,10?/m0/s1. The molecule has 0 saturated carbocycles. The van der Waals surface area contributed by atoms with Gasteiger partial charge in [0.2, 0.25) is 0 Å². The van der Waals surface area contributed by atoms with Crippen LogP contribution in [0.25, 0.3) is 0 Å². The van der Waals surface area contributed by atoms with E-state index in [0.717, 1.165) is 0 Å². The second-order valence-corrected chi connectivity index (χ2v) is 3.36. The summed E-state index contributed by atoms with van der Waals surface area (Å²) in [7, 11) is 0. The molecule has 0 saturated heterocycles. The molecule has 1 aromatic rings. The monoisotopic (exact) mass is 179 g/mol. The summed E-state index contributed by atoms with van der Waals surface area (Å²) < 4.78 is 5.56. The molecule has 0 aliphatic heterocycles. The minimum atomic E-state index is 0.0868. The molecule has 2 nitrogen and oxygen atoms in total. The maximum atomic E-state index is 5.68. The van der Waals surface area contributed by atoms with Gasteiger partial charge in [0.25, 0.3) is 0 Å². The van der Waals surface area contributed by atoms with Gasteiger partial charge in [-0.2, -0.15) is 0 Å². The molecule has 0 bridgehead atoms. The van der Waals surface area contributed by atoms with Crippen molar-refractivity contribution < 1.29 is 4.74 Å². The summed E-state index contributed by atoms with van der Waals surface area (Å²) >= 11 is 0. The second-order valence-electron chi connectivity index (χ2n) is 3.36. The lowest BCUT2D eigenvalue weighted by Crippen LogP contribution is -2.31. The molecule has 0 aromatic heterocycles. The predicted molar refractivity (Wildman–Crippen MR) is 54.3 cm³/mol. The van der Waals surface area contributed by atoms with Crippen LogP contribution in [-0.4, -0.2) is 12.1 Å². The molecule has 0 radical (unpaired) electrons. The van der Waals surface area contributed by atoms with Crippen LogP contribution >= 0.6 is 0 Å². The Morgan fingerprint density at radius 1 is 1.23 bits per heavy atom. The quantitative estimate of drug-likeness (QED) is 0.766. The summed E-state index contributed by atoms with van der Waals surface area (Å²) in [5, 5.41) is 0. The highest BCUT2D eigenvalue weighted by atomic mass is 16.5. The van der Waals surface area contributed by atoms with Gasteiger partial charge in [-0.05, 0) is 19.4 Å². The van der Waals surface area contributed by atoms with Crippen molar-refractivity contribution in [2.75, 3.05) is 0 Å². The summed E-state index contributed by atoms with van der Waals surface area (Å²) in [6.45, 7) is 4.59. The molecule has 0 fully saturated rings. The zero-order chi connectivity index (χ0) is 9.68. The van der Waals surface area contributed by atoms with Gasteiger partial charge >= 0.3 is 0 Å². The zero-order valence-corrected chi connectivity index (χ0v) is 8.23. The van der Waals surface area contributed by atoms with E-state index >= 15 is 0 Å². The van der Waals surface area contributed by atoms with Gasteiger partial charge in [-0.3, -0.25) is 0 Å². The van der Waals surface area contributed by atoms with Crippen molar-refractivity contribution in [2.24, 2.45) is 5.73 Å². The summed E-state index contributed by atoms with van der Waals surface area (Å²) in [5.41, 5.74) is 6.86. The van der Waals surface area contributed by atoms with Crippen molar-refractivity contribution in [3.8, 4) is 0 Å². The lowest BCUT2D eigenvalue weighted by atomic mass is 10.2. The molecule has 0 spiro atoms. The Balaban J connectivity index is 2.35. The Morgan fingerprint density at radius 2 is 1.85 bits per heavy atom. The van der Waals surface area contributed by atoms with Crippen molar-refractivity contribution in [2.45, 2.75) is 32.6 Å². The number of nitrogens with two attached hydrogens (primary N) is 1. The third kappa shape index (κ3) is 3.57. The van der Waals surface area contributed by atoms with E-state index in [-0.39, 0.29) is 12.1 Å². The third-order valence-corrected chi connectivity index (χ3v) is 2.10. The van der Waals surface area contributed by atoms with Crippen LogP contribution in [0.5, 0.6) is 0 Å². The van der Waals surface area contributed by atoms with Crippen LogP contribution in [0.3, 0.4) is 0 Å². The van der Waals surface area contributed by atoms with Crippen molar-refractivity contribution in [3.63, 3.8) is 0 Å². The number of hydrogen-bond donors (Lipinski definition) is 1. The number of ether oxygens (including phenoxy) is 1. The van der Waals surface area contributed by atoms with Crippen LogP contribution < -0.4 is 5.73 Å². The molecule has 1 rings (SSSR count). The first-order valence-electron chi connectivity index (χ1n) is 4.61. The highest BCUT2D eigenvalue weighted by molar-refractivity contribution is 5.13. The number of hydrogen-bond acceptors (Lipinski definition) is 2. The SMILES string of the molecule is CC(OCc1ccccc1)[C@H](C)N. The largest absolute Gasteiger partial charge is 0.372 e. The molecule has 0 heterocycles. The molecule has 2 heteroatoms. The predicted octanol–water partition coefficient (Wildman–Crippen LogP) is 1.94. The fourth-order valence-electron chi connectivity index (χ4n) is 0.954. The average molecular weight is 179 g/mol. The number of benzene rings is 1. The molecule has 13 heavy (non-hydrogen) atoms. The second kappa shape index (κ2) is 5.00.